The quantitative estimate of drug-likeness (QED) is 0.220. The van der Waals surface area contributed by atoms with Crippen molar-refractivity contribution in [1.82, 2.24) is 19.8 Å². The third-order valence-electron chi connectivity index (χ3n) is 9.80. The minimum Gasteiger partial charge on any atom is -0.351 e. The van der Waals surface area contributed by atoms with Crippen LogP contribution in [-0.2, 0) is 11.3 Å². The van der Waals surface area contributed by atoms with Crippen LogP contribution in [0.15, 0.2) is 60.7 Å². The van der Waals surface area contributed by atoms with Gasteiger partial charge >= 0.3 is 0 Å². The SMILES string of the molecule is C[C@]1(C(=O)Nc2cccc(Cl)c2)[C@@H](c2cccc(Cl)c2F)[C@@H]2c3nc4cc(C(=O)NCCN)ccc4n3CC[C@@H]2N1CC1CC1. The van der Waals surface area contributed by atoms with E-state index in [0.29, 0.717) is 52.9 Å². The maximum Gasteiger partial charge on any atom is 0.251 e. The van der Waals surface area contributed by atoms with E-state index in [4.69, 9.17) is 33.9 Å². The van der Waals surface area contributed by atoms with E-state index < -0.39 is 17.3 Å². The van der Waals surface area contributed by atoms with Crippen LogP contribution in [0, 0.1) is 11.7 Å². The number of rotatable bonds is 8. The number of likely N-dealkylation sites (tertiary alicyclic amines) is 1. The second-order valence-electron chi connectivity index (χ2n) is 12.6. The molecule has 4 aromatic rings. The summed E-state index contributed by atoms with van der Waals surface area (Å²) in [7, 11) is 0. The van der Waals surface area contributed by atoms with Gasteiger partial charge in [-0.2, -0.15) is 0 Å². The molecule has 0 unspecified atom stereocenters. The monoisotopic (exact) mass is 648 g/mol. The molecule has 4 N–H and O–H groups in total. The first kappa shape index (κ1) is 30.2. The number of nitrogens with one attached hydrogen (secondary N) is 2. The van der Waals surface area contributed by atoms with Crippen LogP contribution in [0.3, 0.4) is 0 Å². The molecule has 1 aromatic heterocycles. The summed E-state index contributed by atoms with van der Waals surface area (Å²) in [6.45, 7) is 4.07. The van der Waals surface area contributed by atoms with Crippen molar-refractivity contribution < 1.29 is 14.0 Å². The number of imidazole rings is 1. The van der Waals surface area contributed by atoms with Crippen LogP contribution in [0.2, 0.25) is 10.0 Å². The molecule has 8 nitrogen and oxygen atoms in total. The fourth-order valence-electron chi connectivity index (χ4n) is 7.53. The van der Waals surface area contributed by atoms with E-state index in [1.807, 2.05) is 13.0 Å². The van der Waals surface area contributed by atoms with Gasteiger partial charge in [-0.15, -0.1) is 0 Å². The lowest BCUT2D eigenvalue weighted by atomic mass is 9.73. The number of aryl methyl sites for hydroxylation is 1. The molecule has 1 saturated carbocycles. The maximum atomic E-state index is 16.1. The highest BCUT2D eigenvalue weighted by atomic mass is 35.5. The second kappa shape index (κ2) is 11.7. The number of anilines is 1. The summed E-state index contributed by atoms with van der Waals surface area (Å²) in [5, 5.41) is 6.46. The summed E-state index contributed by atoms with van der Waals surface area (Å²) in [5.41, 5.74) is 7.47. The van der Waals surface area contributed by atoms with Gasteiger partial charge < -0.3 is 20.9 Å². The van der Waals surface area contributed by atoms with Crippen molar-refractivity contribution in [1.29, 1.82) is 0 Å². The zero-order chi connectivity index (χ0) is 31.5. The number of carbonyl (C=O) groups is 2. The fraction of sp³-hybridized carbons (Fsp3) is 0.382. The Morgan fingerprint density at radius 1 is 1.09 bits per heavy atom. The minimum atomic E-state index is -1.15. The first-order valence-corrected chi connectivity index (χ1v) is 16.2. The minimum absolute atomic E-state index is 0.0136. The van der Waals surface area contributed by atoms with Gasteiger partial charge in [0, 0.05) is 60.3 Å². The third kappa shape index (κ3) is 5.19. The molecule has 0 spiro atoms. The lowest BCUT2D eigenvalue weighted by Crippen LogP contribution is -2.56. The third-order valence-corrected chi connectivity index (χ3v) is 10.3. The Labute approximate surface area is 271 Å². The molecule has 0 bridgehead atoms. The summed E-state index contributed by atoms with van der Waals surface area (Å²) < 4.78 is 18.3. The van der Waals surface area contributed by atoms with Crippen LogP contribution in [0.25, 0.3) is 11.0 Å². The number of amides is 2. The Hall–Kier alpha value is -3.50. The number of nitrogens with zero attached hydrogens (tertiary/aromatic N) is 3. The number of carbonyl (C=O) groups excluding carboxylic acids is 2. The lowest BCUT2D eigenvalue weighted by Gasteiger charge is -2.40. The van der Waals surface area contributed by atoms with Crippen molar-refractivity contribution >= 4 is 51.7 Å². The van der Waals surface area contributed by atoms with Gasteiger partial charge in [-0.3, -0.25) is 14.5 Å². The number of nitrogens with two attached hydrogens (primary N) is 1. The van der Waals surface area contributed by atoms with Crippen molar-refractivity contribution in [3.63, 3.8) is 0 Å². The highest BCUT2D eigenvalue weighted by Gasteiger charge is 2.63. The van der Waals surface area contributed by atoms with Crippen molar-refractivity contribution in [2.75, 3.05) is 25.0 Å². The lowest BCUT2D eigenvalue weighted by molar-refractivity contribution is -0.127. The van der Waals surface area contributed by atoms with Crippen molar-refractivity contribution in [3.8, 4) is 0 Å². The van der Waals surface area contributed by atoms with Gasteiger partial charge in [0.15, 0.2) is 0 Å². The molecule has 3 aliphatic rings. The molecule has 3 aromatic carbocycles. The molecule has 1 aliphatic carbocycles. The standard InChI is InChI=1S/C34H35Cl2FN6O2/c1-34(33(45)40-22-5-2-4-21(35)17-22)29(23-6-3-7-24(36)30(23)37)28-27(43(34)18-19-8-9-19)12-15-42-26-11-10-20(32(44)39-14-13-38)16-25(26)41-31(28)42/h2-7,10-11,16-17,19,27-29H,8-9,12-15,18,38H2,1H3,(H,39,44)(H,40,45)/t27-,28+,29-,34+/m0/s1. The van der Waals surface area contributed by atoms with Crippen LogP contribution >= 0.6 is 23.2 Å². The molecule has 2 amide bonds. The zero-order valence-corrected chi connectivity index (χ0v) is 26.4. The van der Waals surface area contributed by atoms with E-state index in [1.54, 1.807) is 48.5 Å². The molecule has 2 fully saturated rings. The van der Waals surface area contributed by atoms with Gasteiger partial charge in [0.25, 0.3) is 5.91 Å². The first-order chi connectivity index (χ1) is 21.7. The summed E-state index contributed by atoms with van der Waals surface area (Å²) in [6.07, 6.45) is 2.96. The number of halogens is 3. The van der Waals surface area contributed by atoms with Gasteiger partial charge in [0.05, 0.1) is 16.1 Å². The first-order valence-electron chi connectivity index (χ1n) is 15.5. The van der Waals surface area contributed by atoms with E-state index in [1.165, 1.54) is 6.07 Å². The zero-order valence-electron chi connectivity index (χ0n) is 24.9. The Morgan fingerprint density at radius 2 is 1.89 bits per heavy atom. The summed E-state index contributed by atoms with van der Waals surface area (Å²) >= 11 is 12.7. The van der Waals surface area contributed by atoms with Crippen molar-refractivity contribution in [3.05, 3.63) is 93.5 Å². The molecule has 45 heavy (non-hydrogen) atoms. The van der Waals surface area contributed by atoms with Crippen LogP contribution in [0.5, 0.6) is 0 Å². The normalized spacial score (nSPS) is 24.3. The Morgan fingerprint density at radius 3 is 2.64 bits per heavy atom. The summed E-state index contributed by atoms with van der Waals surface area (Å²) in [6, 6.07) is 17.5. The average molecular weight is 650 g/mol. The smallest absolute Gasteiger partial charge is 0.251 e. The molecule has 0 radical (unpaired) electrons. The molecule has 1 saturated heterocycles. The Bertz CT molecular complexity index is 1810. The van der Waals surface area contributed by atoms with Gasteiger partial charge in [0.2, 0.25) is 5.91 Å². The Balaban J connectivity index is 1.39. The van der Waals surface area contributed by atoms with E-state index in [0.717, 1.165) is 37.1 Å². The van der Waals surface area contributed by atoms with E-state index in [9.17, 15) is 9.59 Å². The van der Waals surface area contributed by atoms with E-state index in [2.05, 4.69) is 20.1 Å². The average Bonchev–Trinajstić information content (AvgIpc) is 3.72. The van der Waals surface area contributed by atoms with E-state index >= 15 is 4.39 Å². The van der Waals surface area contributed by atoms with Crippen LogP contribution in [-0.4, -0.2) is 57.5 Å². The fourth-order valence-corrected chi connectivity index (χ4v) is 7.90. The number of hydrogen-bond acceptors (Lipinski definition) is 5. The molecule has 7 rings (SSSR count). The van der Waals surface area contributed by atoms with Crippen molar-refractivity contribution in [2.24, 2.45) is 11.7 Å². The summed E-state index contributed by atoms with van der Waals surface area (Å²) in [4.78, 5) is 34.8. The molecular formula is C34H35Cl2FN6O2. The van der Waals surface area contributed by atoms with Gasteiger partial charge in [-0.1, -0.05) is 41.4 Å². The highest BCUT2D eigenvalue weighted by molar-refractivity contribution is 6.31. The van der Waals surface area contributed by atoms with Crippen molar-refractivity contribution in [2.45, 2.75) is 56.1 Å². The van der Waals surface area contributed by atoms with Gasteiger partial charge in [0.1, 0.15) is 17.2 Å². The number of fused-ring (bicyclic) bond motifs is 5. The predicted octanol–water partition coefficient (Wildman–Crippen LogP) is 5.93. The molecule has 2 aliphatic heterocycles. The molecule has 3 heterocycles. The number of hydrogen-bond donors (Lipinski definition) is 3. The summed E-state index contributed by atoms with van der Waals surface area (Å²) in [5.74, 6) is -0.639. The van der Waals surface area contributed by atoms with Gasteiger partial charge in [-0.25, -0.2) is 9.37 Å². The highest BCUT2D eigenvalue weighted by Crippen LogP contribution is 2.58. The van der Waals surface area contributed by atoms with Crippen LogP contribution < -0.4 is 16.4 Å². The van der Waals surface area contributed by atoms with E-state index in [-0.39, 0.29) is 28.8 Å². The van der Waals surface area contributed by atoms with Crippen LogP contribution in [0.4, 0.5) is 10.1 Å². The van der Waals surface area contributed by atoms with Crippen LogP contribution in [0.1, 0.15) is 59.8 Å². The van der Waals surface area contributed by atoms with Gasteiger partial charge in [-0.05, 0) is 80.1 Å². The Kier molecular flexibility index (Phi) is 7.84. The number of benzene rings is 3. The topological polar surface area (TPSA) is 105 Å². The molecule has 234 valence electrons. The predicted molar refractivity (Wildman–Crippen MR) is 174 cm³/mol. The molecule has 11 heteroatoms. The maximum absolute atomic E-state index is 16.1. The molecule has 4 atom stereocenters. The number of aromatic nitrogens is 2. The largest absolute Gasteiger partial charge is 0.351 e. The molecular weight excluding hydrogens is 614 g/mol. The second-order valence-corrected chi connectivity index (χ2v) is 13.4.